The molecule has 0 aromatic heterocycles. The fourth-order valence-electron chi connectivity index (χ4n) is 7.32. The standard InChI is InChI=1S/C32H34N2O6/c1-5-39-29(37)31-25(23-13-9-7-10-14-23)17-19-33(21(3)35)27(31)32(30(38)40-6-2)26(24-15-11-8-12-16-24)18-20-34(22(4)36)28(31)32/h7-20,25-28H,5-6H2,1-4H3. The molecule has 0 saturated heterocycles. The van der Waals surface area contributed by atoms with E-state index in [0.29, 0.717) is 0 Å². The van der Waals surface area contributed by atoms with Gasteiger partial charge in [-0.25, -0.2) is 0 Å². The SMILES string of the molecule is CCOC(=O)C12C(c3ccccc3)C=CN(C(C)=O)C1C1(C(=O)OCC)C(c3ccccc3)C=CN(C(C)=O)C21. The van der Waals surface area contributed by atoms with Crippen molar-refractivity contribution in [1.82, 2.24) is 9.80 Å². The quantitative estimate of drug-likeness (QED) is 0.509. The number of hydrogen-bond donors (Lipinski definition) is 0. The van der Waals surface area contributed by atoms with E-state index in [1.54, 1.807) is 26.2 Å². The highest BCUT2D eigenvalue weighted by atomic mass is 16.5. The first-order valence-corrected chi connectivity index (χ1v) is 13.7. The van der Waals surface area contributed by atoms with Crippen molar-refractivity contribution < 1.29 is 28.7 Å². The molecule has 1 fully saturated rings. The Bertz CT molecular complexity index is 1250. The molecule has 1 aliphatic carbocycles. The van der Waals surface area contributed by atoms with Crippen LogP contribution in [0.3, 0.4) is 0 Å². The van der Waals surface area contributed by atoms with Crippen LogP contribution in [0.15, 0.2) is 85.2 Å². The fraction of sp³-hybridized carbons (Fsp3) is 0.375. The molecular formula is C32H34N2O6. The van der Waals surface area contributed by atoms with Crippen LogP contribution in [0.25, 0.3) is 0 Å². The van der Waals surface area contributed by atoms with Gasteiger partial charge < -0.3 is 19.3 Å². The minimum Gasteiger partial charge on any atom is -0.465 e. The van der Waals surface area contributed by atoms with E-state index in [2.05, 4.69) is 0 Å². The fourth-order valence-corrected chi connectivity index (χ4v) is 7.32. The lowest BCUT2D eigenvalue weighted by molar-refractivity contribution is -0.243. The average molecular weight is 543 g/mol. The summed E-state index contributed by atoms with van der Waals surface area (Å²) in [6.07, 6.45) is 6.95. The van der Waals surface area contributed by atoms with Gasteiger partial charge in [0.2, 0.25) is 11.8 Å². The second kappa shape index (κ2) is 10.4. The van der Waals surface area contributed by atoms with Crippen LogP contribution in [0.1, 0.15) is 50.7 Å². The first-order chi connectivity index (χ1) is 19.3. The summed E-state index contributed by atoms with van der Waals surface area (Å²) in [6.45, 7) is 6.44. The van der Waals surface area contributed by atoms with Gasteiger partial charge in [-0.3, -0.25) is 19.2 Å². The molecular weight excluding hydrogens is 508 g/mol. The molecule has 0 bridgehead atoms. The number of hydrogen-bond acceptors (Lipinski definition) is 6. The molecule has 0 spiro atoms. The molecule has 2 amide bonds. The third kappa shape index (κ3) is 3.65. The highest BCUT2D eigenvalue weighted by Crippen LogP contribution is 2.72. The maximum absolute atomic E-state index is 14.4. The van der Waals surface area contributed by atoms with Crippen LogP contribution >= 0.6 is 0 Å². The van der Waals surface area contributed by atoms with Gasteiger partial charge in [0.25, 0.3) is 0 Å². The van der Waals surface area contributed by atoms with Crippen molar-refractivity contribution >= 4 is 23.8 Å². The number of fused-ring (bicyclic) bond motifs is 4. The van der Waals surface area contributed by atoms with Gasteiger partial charge in [-0.1, -0.05) is 72.8 Å². The second-order valence-corrected chi connectivity index (χ2v) is 10.4. The Morgan fingerprint density at radius 1 is 0.650 bits per heavy atom. The number of carbonyl (C=O) groups excluding carboxylic acids is 4. The van der Waals surface area contributed by atoms with E-state index in [1.807, 2.05) is 72.8 Å². The summed E-state index contributed by atoms with van der Waals surface area (Å²) >= 11 is 0. The molecule has 2 unspecified atom stereocenters. The van der Waals surface area contributed by atoms with Crippen LogP contribution in [-0.4, -0.2) is 58.9 Å². The summed E-state index contributed by atoms with van der Waals surface area (Å²) in [7, 11) is 0. The van der Waals surface area contributed by atoms with Crippen LogP contribution in [0.5, 0.6) is 0 Å². The molecule has 2 aromatic rings. The van der Waals surface area contributed by atoms with E-state index in [1.165, 1.54) is 23.6 Å². The third-order valence-corrected chi connectivity index (χ3v) is 8.58. The molecule has 1 saturated carbocycles. The zero-order chi connectivity index (χ0) is 28.7. The van der Waals surface area contributed by atoms with E-state index < -0.39 is 46.7 Å². The maximum Gasteiger partial charge on any atom is 0.317 e. The summed E-state index contributed by atoms with van der Waals surface area (Å²) < 4.78 is 11.5. The van der Waals surface area contributed by atoms with Crippen LogP contribution in [0.4, 0.5) is 0 Å². The van der Waals surface area contributed by atoms with Crippen molar-refractivity contribution in [3.63, 3.8) is 0 Å². The number of nitrogens with zero attached hydrogens (tertiary/aromatic N) is 2. The molecule has 2 aromatic carbocycles. The number of ether oxygens (including phenoxy) is 2. The molecule has 2 aliphatic heterocycles. The Hall–Kier alpha value is -4.20. The lowest BCUT2D eigenvalue weighted by Gasteiger charge is -2.73. The van der Waals surface area contributed by atoms with Crippen molar-refractivity contribution in [2.24, 2.45) is 10.8 Å². The second-order valence-electron chi connectivity index (χ2n) is 10.4. The van der Waals surface area contributed by atoms with Gasteiger partial charge in [0.1, 0.15) is 10.8 Å². The predicted molar refractivity (Wildman–Crippen MR) is 147 cm³/mol. The molecule has 5 rings (SSSR count). The molecule has 2 atom stereocenters. The smallest absolute Gasteiger partial charge is 0.317 e. The van der Waals surface area contributed by atoms with Gasteiger partial charge in [0, 0.05) is 38.1 Å². The van der Waals surface area contributed by atoms with E-state index in [9.17, 15) is 19.2 Å². The first-order valence-electron chi connectivity index (χ1n) is 13.7. The Labute approximate surface area is 234 Å². The molecule has 8 heteroatoms. The Morgan fingerprint density at radius 3 is 1.30 bits per heavy atom. The van der Waals surface area contributed by atoms with Crippen LogP contribution < -0.4 is 0 Å². The summed E-state index contributed by atoms with van der Waals surface area (Å²) in [4.78, 5) is 58.3. The van der Waals surface area contributed by atoms with Crippen LogP contribution in [0, 0.1) is 10.8 Å². The zero-order valence-corrected chi connectivity index (χ0v) is 23.2. The number of carbonyl (C=O) groups is 4. The lowest BCUT2D eigenvalue weighted by atomic mass is 9.35. The van der Waals surface area contributed by atoms with Crippen molar-refractivity contribution in [1.29, 1.82) is 0 Å². The summed E-state index contributed by atoms with van der Waals surface area (Å²) in [5, 5.41) is 0. The van der Waals surface area contributed by atoms with Crippen molar-refractivity contribution in [2.45, 2.75) is 51.6 Å². The van der Waals surface area contributed by atoms with E-state index in [-0.39, 0.29) is 25.0 Å². The zero-order valence-electron chi connectivity index (χ0n) is 23.2. The highest BCUT2D eigenvalue weighted by Gasteiger charge is 2.86. The largest absolute Gasteiger partial charge is 0.465 e. The van der Waals surface area contributed by atoms with Gasteiger partial charge in [-0.05, 0) is 25.0 Å². The van der Waals surface area contributed by atoms with Gasteiger partial charge in [-0.2, -0.15) is 0 Å². The monoisotopic (exact) mass is 542 g/mol. The van der Waals surface area contributed by atoms with Gasteiger partial charge in [0.15, 0.2) is 0 Å². The topological polar surface area (TPSA) is 93.2 Å². The lowest BCUT2D eigenvalue weighted by Crippen LogP contribution is -2.88. The average Bonchev–Trinajstić information content (AvgIpc) is 2.95. The third-order valence-electron chi connectivity index (χ3n) is 8.58. The van der Waals surface area contributed by atoms with Gasteiger partial charge >= 0.3 is 11.9 Å². The molecule has 0 radical (unpaired) electrons. The molecule has 8 nitrogen and oxygen atoms in total. The molecule has 2 heterocycles. The van der Waals surface area contributed by atoms with Crippen LogP contribution in [0.2, 0.25) is 0 Å². The number of allylic oxidation sites excluding steroid dienone is 2. The summed E-state index contributed by atoms with van der Waals surface area (Å²) in [5.41, 5.74) is -1.36. The Morgan fingerprint density at radius 2 is 1.00 bits per heavy atom. The molecule has 208 valence electrons. The molecule has 40 heavy (non-hydrogen) atoms. The minimum atomic E-state index is -1.49. The molecule has 3 aliphatic rings. The number of esters is 2. The van der Waals surface area contributed by atoms with E-state index in [0.717, 1.165) is 11.1 Å². The van der Waals surface area contributed by atoms with Crippen molar-refractivity contribution in [3.8, 4) is 0 Å². The molecule has 0 N–H and O–H groups in total. The highest BCUT2D eigenvalue weighted by molar-refractivity contribution is 5.97. The Balaban J connectivity index is 1.90. The summed E-state index contributed by atoms with van der Waals surface area (Å²) in [5.74, 6) is -2.99. The minimum absolute atomic E-state index is 0.0930. The van der Waals surface area contributed by atoms with E-state index >= 15 is 0 Å². The van der Waals surface area contributed by atoms with Crippen molar-refractivity contribution in [2.75, 3.05) is 13.2 Å². The first kappa shape index (κ1) is 27.4. The number of benzene rings is 2. The normalized spacial score (nSPS) is 30.0. The van der Waals surface area contributed by atoms with Gasteiger partial charge in [0.05, 0.1) is 25.3 Å². The number of rotatable bonds is 6. The Kier molecular flexibility index (Phi) is 7.12. The maximum atomic E-state index is 14.4. The number of amides is 2. The van der Waals surface area contributed by atoms with Crippen LogP contribution in [-0.2, 0) is 28.7 Å². The predicted octanol–water partition coefficient (Wildman–Crippen LogP) is 4.16. The van der Waals surface area contributed by atoms with E-state index in [4.69, 9.17) is 9.47 Å². The van der Waals surface area contributed by atoms with Gasteiger partial charge in [-0.15, -0.1) is 0 Å². The van der Waals surface area contributed by atoms with Crippen molar-refractivity contribution in [3.05, 3.63) is 96.3 Å². The summed E-state index contributed by atoms with van der Waals surface area (Å²) in [6, 6.07) is 16.9.